The van der Waals surface area contributed by atoms with E-state index in [0.717, 1.165) is 25.7 Å². The molecule has 0 aliphatic rings. The molecule has 0 aliphatic heterocycles. The Morgan fingerprint density at radius 1 is 0.923 bits per heavy atom. The number of unbranched alkanes of at least 4 members (excludes halogenated alkanes) is 2. The molecule has 0 heterocycles. The normalized spacial score (nSPS) is 11.8. The van der Waals surface area contributed by atoms with E-state index in [4.69, 9.17) is 0 Å². The molecule has 0 atom stereocenters. The van der Waals surface area contributed by atoms with Gasteiger partial charge >= 0.3 is 0 Å². The fourth-order valence-corrected chi connectivity index (χ4v) is 1.86. The van der Waals surface area contributed by atoms with Crippen LogP contribution in [0.1, 0.15) is 39.5 Å². The second-order valence-electron chi connectivity index (χ2n) is 3.00. The summed E-state index contributed by atoms with van der Waals surface area (Å²) in [4.78, 5) is 0. The van der Waals surface area contributed by atoms with Gasteiger partial charge in [-0.05, 0) is 12.8 Å². The van der Waals surface area contributed by atoms with E-state index in [1.165, 1.54) is 0 Å². The highest BCUT2D eigenvalue weighted by molar-refractivity contribution is 7.87. The maximum absolute atomic E-state index is 11.1. The third-order valence-electron chi connectivity index (χ3n) is 1.61. The van der Waals surface area contributed by atoms with Crippen molar-refractivity contribution in [3.63, 3.8) is 0 Å². The van der Waals surface area contributed by atoms with Gasteiger partial charge in [0.25, 0.3) is 10.2 Å². The van der Waals surface area contributed by atoms with Crippen molar-refractivity contribution in [2.45, 2.75) is 39.5 Å². The summed E-state index contributed by atoms with van der Waals surface area (Å²) in [6.07, 6.45) is 3.89. The van der Waals surface area contributed by atoms with Crippen molar-refractivity contribution < 1.29 is 8.42 Å². The molecule has 0 radical (unpaired) electrons. The van der Waals surface area contributed by atoms with Crippen LogP contribution in [0.15, 0.2) is 0 Å². The Balaban J connectivity index is 3.52. The van der Waals surface area contributed by atoms with Crippen LogP contribution < -0.4 is 9.44 Å². The molecule has 13 heavy (non-hydrogen) atoms. The van der Waals surface area contributed by atoms with Crippen LogP contribution in [0, 0.1) is 0 Å². The van der Waals surface area contributed by atoms with E-state index in [1.54, 1.807) is 0 Å². The summed E-state index contributed by atoms with van der Waals surface area (Å²) in [6.45, 7) is 5.05. The third-order valence-corrected chi connectivity index (χ3v) is 2.78. The molecular formula is C8H20N2O2S. The van der Waals surface area contributed by atoms with Crippen molar-refractivity contribution in [3.8, 4) is 0 Å². The summed E-state index contributed by atoms with van der Waals surface area (Å²) in [7, 11) is -3.22. The largest absolute Gasteiger partial charge is 0.276 e. The summed E-state index contributed by atoms with van der Waals surface area (Å²) < 4.78 is 27.2. The van der Waals surface area contributed by atoms with E-state index in [0.29, 0.717) is 13.1 Å². The molecule has 0 fully saturated rings. The lowest BCUT2D eigenvalue weighted by molar-refractivity contribution is 0.561. The summed E-state index contributed by atoms with van der Waals surface area (Å²) in [5.41, 5.74) is 0. The van der Waals surface area contributed by atoms with Crippen molar-refractivity contribution in [2.24, 2.45) is 0 Å². The average Bonchev–Trinajstić information content (AvgIpc) is 2.09. The van der Waals surface area contributed by atoms with Crippen LogP contribution >= 0.6 is 0 Å². The van der Waals surface area contributed by atoms with Gasteiger partial charge in [0.15, 0.2) is 0 Å². The Kier molecular flexibility index (Phi) is 7.22. The van der Waals surface area contributed by atoms with Crippen LogP contribution in [0.5, 0.6) is 0 Å². The number of hydrogen-bond donors (Lipinski definition) is 2. The van der Waals surface area contributed by atoms with E-state index in [2.05, 4.69) is 16.4 Å². The minimum atomic E-state index is -3.22. The minimum Gasteiger partial charge on any atom is -0.202 e. The second-order valence-corrected chi connectivity index (χ2v) is 4.58. The first-order chi connectivity index (χ1) is 6.12. The molecule has 0 aromatic heterocycles. The monoisotopic (exact) mass is 208 g/mol. The molecule has 0 aromatic rings. The zero-order chi connectivity index (χ0) is 10.2. The molecule has 80 valence electrons. The maximum atomic E-state index is 11.1. The molecule has 5 heteroatoms. The fraction of sp³-hybridized carbons (Fsp3) is 1.00. The SMILES string of the molecule is CCCCCNS(=O)(=O)NCCC. The molecule has 4 nitrogen and oxygen atoms in total. The molecule has 0 aliphatic carbocycles. The highest BCUT2D eigenvalue weighted by Crippen LogP contribution is 1.91. The quantitative estimate of drug-likeness (QED) is 0.585. The van der Waals surface area contributed by atoms with Gasteiger partial charge in [-0.2, -0.15) is 8.42 Å². The molecule has 0 rings (SSSR count). The lowest BCUT2D eigenvalue weighted by atomic mass is 10.3. The maximum Gasteiger partial charge on any atom is 0.276 e. The lowest BCUT2D eigenvalue weighted by Crippen LogP contribution is -2.37. The summed E-state index contributed by atoms with van der Waals surface area (Å²) in [6, 6.07) is 0. The molecule has 0 saturated carbocycles. The van der Waals surface area contributed by atoms with Crippen LogP contribution in [0.4, 0.5) is 0 Å². The zero-order valence-corrected chi connectivity index (χ0v) is 9.28. The van der Waals surface area contributed by atoms with E-state index >= 15 is 0 Å². The van der Waals surface area contributed by atoms with Crippen LogP contribution in [0.25, 0.3) is 0 Å². The summed E-state index contributed by atoms with van der Waals surface area (Å²) in [5.74, 6) is 0. The molecular weight excluding hydrogens is 188 g/mol. The fourth-order valence-electron chi connectivity index (χ4n) is 0.869. The second kappa shape index (κ2) is 7.29. The standard InChI is InChI=1S/C8H20N2O2S/c1-3-5-6-8-10-13(11,12)9-7-4-2/h9-10H,3-8H2,1-2H3. The van der Waals surface area contributed by atoms with Crippen LogP contribution in [0.3, 0.4) is 0 Å². The van der Waals surface area contributed by atoms with Crippen LogP contribution in [-0.2, 0) is 10.2 Å². The van der Waals surface area contributed by atoms with Gasteiger partial charge in [0.2, 0.25) is 0 Å². The highest BCUT2D eigenvalue weighted by atomic mass is 32.2. The number of hydrogen-bond acceptors (Lipinski definition) is 2. The Morgan fingerprint density at radius 2 is 1.54 bits per heavy atom. The average molecular weight is 208 g/mol. The lowest BCUT2D eigenvalue weighted by Gasteiger charge is -2.06. The van der Waals surface area contributed by atoms with Crippen LogP contribution in [0.2, 0.25) is 0 Å². The summed E-state index contributed by atoms with van der Waals surface area (Å²) in [5, 5.41) is 0. The van der Waals surface area contributed by atoms with Gasteiger partial charge in [-0.15, -0.1) is 0 Å². The van der Waals surface area contributed by atoms with Crippen LogP contribution in [-0.4, -0.2) is 21.5 Å². The molecule has 0 aromatic carbocycles. The molecule has 0 unspecified atom stereocenters. The van der Waals surface area contributed by atoms with E-state index < -0.39 is 10.2 Å². The smallest absolute Gasteiger partial charge is 0.202 e. The first-order valence-electron chi connectivity index (χ1n) is 4.86. The Morgan fingerprint density at radius 3 is 2.08 bits per heavy atom. The minimum absolute atomic E-state index is 0.503. The Hall–Kier alpha value is -0.130. The third kappa shape index (κ3) is 8.21. The Labute approximate surface area is 81.3 Å². The predicted octanol–water partition coefficient (Wildman–Crippen LogP) is 1.01. The van der Waals surface area contributed by atoms with Crippen molar-refractivity contribution in [1.29, 1.82) is 0 Å². The summed E-state index contributed by atoms with van der Waals surface area (Å²) >= 11 is 0. The Bertz CT molecular complexity index is 202. The van der Waals surface area contributed by atoms with Gasteiger partial charge in [0, 0.05) is 13.1 Å². The van der Waals surface area contributed by atoms with E-state index in [9.17, 15) is 8.42 Å². The number of nitrogens with one attached hydrogen (secondary N) is 2. The first kappa shape index (κ1) is 12.9. The topological polar surface area (TPSA) is 58.2 Å². The molecule has 0 bridgehead atoms. The molecule has 0 spiro atoms. The molecule has 0 saturated heterocycles. The number of rotatable bonds is 8. The van der Waals surface area contributed by atoms with Crippen molar-refractivity contribution in [1.82, 2.24) is 9.44 Å². The first-order valence-corrected chi connectivity index (χ1v) is 6.35. The van der Waals surface area contributed by atoms with Gasteiger partial charge in [0.1, 0.15) is 0 Å². The van der Waals surface area contributed by atoms with Gasteiger partial charge in [0.05, 0.1) is 0 Å². The van der Waals surface area contributed by atoms with E-state index in [-0.39, 0.29) is 0 Å². The zero-order valence-electron chi connectivity index (χ0n) is 8.47. The van der Waals surface area contributed by atoms with Gasteiger partial charge in [-0.25, -0.2) is 9.44 Å². The van der Waals surface area contributed by atoms with Crippen molar-refractivity contribution in [3.05, 3.63) is 0 Å². The highest BCUT2D eigenvalue weighted by Gasteiger charge is 2.05. The molecule has 2 N–H and O–H groups in total. The predicted molar refractivity (Wildman–Crippen MR) is 54.7 cm³/mol. The molecule has 0 amide bonds. The van der Waals surface area contributed by atoms with E-state index in [1.807, 2.05) is 6.92 Å². The van der Waals surface area contributed by atoms with Crippen molar-refractivity contribution >= 4 is 10.2 Å². The van der Waals surface area contributed by atoms with Crippen molar-refractivity contribution in [2.75, 3.05) is 13.1 Å². The van der Waals surface area contributed by atoms with Gasteiger partial charge < -0.3 is 0 Å². The van der Waals surface area contributed by atoms with Gasteiger partial charge in [-0.3, -0.25) is 0 Å². The van der Waals surface area contributed by atoms with Gasteiger partial charge in [-0.1, -0.05) is 26.7 Å².